The summed E-state index contributed by atoms with van der Waals surface area (Å²) in [6.45, 7) is 1.79. The molecule has 1 heterocycles. The van der Waals surface area contributed by atoms with Gasteiger partial charge in [0.2, 0.25) is 0 Å². The van der Waals surface area contributed by atoms with Crippen LogP contribution in [0, 0.1) is 12.7 Å². The predicted octanol–water partition coefficient (Wildman–Crippen LogP) is 1.88. The Balaban J connectivity index is 2.58. The third kappa shape index (κ3) is 1.93. The van der Waals surface area contributed by atoms with Crippen LogP contribution in [0.25, 0.3) is 11.1 Å². The molecule has 2 rings (SSSR count). The quantitative estimate of drug-likeness (QED) is 0.770. The fourth-order valence-corrected chi connectivity index (χ4v) is 1.39. The molecule has 0 saturated carbocycles. The summed E-state index contributed by atoms with van der Waals surface area (Å²) in [4.78, 5) is 11.1. The number of hydrogen-bond donors (Lipinski definition) is 1. The number of benzene rings is 1. The summed E-state index contributed by atoms with van der Waals surface area (Å²) in [6.07, 6.45) is 0. The summed E-state index contributed by atoms with van der Waals surface area (Å²) in [5.41, 5.74) is 1.95. The molecule has 0 unspecified atom stereocenters. The largest absolute Gasteiger partial charge is 0.268 e. The molecule has 0 radical (unpaired) electrons. The molecule has 0 aliphatic rings. The summed E-state index contributed by atoms with van der Waals surface area (Å²) in [5.74, 6) is -0.297. The predicted molar refractivity (Wildman–Crippen MR) is 55.0 cm³/mol. The molecule has 0 saturated heterocycles. The minimum absolute atomic E-state index is 0.264. The van der Waals surface area contributed by atoms with Crippen LogP contribution in [0.4, 0.5) is 4.39 Å². The fraction of sp³-hybridized carbons (Fsp3) is 0.0909. The molecule has 76 valence electrons. The Morgan fingerprint density at radius 1 is 1.27 bits per heavy atom. The Kier molecular flexibility index (Phi) is 2.33. The Labute approximate surface area is 85.6 Å². The molecule has 0 atom stereocenters. The van der Waals surface area contributed by atoms with Gasteiger partial charge in [-0.15, -0.1) is 0 Å². The summed E-state index contributed by atoms with van der Waals surface area (Å²) >= 11 is 0. The highest BCUT2D eigenvalue weighted by Gasteiger charge is 2.03. The molecule has 0 aliphatic carbocycles. The Morgan fingerprint density at radius 2 is 1.93 bits per heavy atom. The lowest BCUT2D eigenvalue weighted by atomic mass is 10.1. The summed E-state index contributed by atoms with van der Waals surface area (Å²) in [7, 11) is 0. The van der Waals surface area contributed by atoms with E-state index in [4.69, 9.17) is 0 Å². The lowest BCUT2D eigenvalue weighted by Gasteiger charge is -2.03. The molecule has 0 bridgehead atoms. The van der Waals surface area contributed by atoms with Gasteiger partial charge in [-0.05, 0) is 24.6 Å². The average molecular weight is 204 g/mol. The Hall–Kier alpha value is -1.97. The lowest BCUT2D eigenvalue weighted by molar-refractivity contribution is 0.628. The van der Waals surface area contributed by atoms with E-state index in [-0.39, 0.29) is 11.4 Å². The van der Waals surface area contributed by atoms with Crippen molar-refractivity contribution in [3.8, 4) is 11.1 Å². The summed E-state index contributed by atoms with van der Waals surface area (Å²) in [5, 5.41) is 6.19. The van der Waals surface area contributed by atoms with Crippen LogP contribution >= 0.6 is 0 Å². The van der Waals surface area contributed by atoms with Crippen molar-refractivity contribution in [3.63, 3.8) is 0 Å². The third-order valence-electron chi connectivity index (χ3n) is 2.15. The Morgan fingerprint density at radius 3 is 2.60 bits per heavy atom. The van der Waals surface area contributed by atoms with Crippen molar-refractivity contribution in [2.24, 2.45) is 0 Å². The summed E-state index contributed by atoms with van der Waals surface area (Å²) in [6, 6.07) is 7.42. The molecule has 1 N–H and O–H groups in total. The maximum Gasteiger partial charge on any atom is 0.264 e. The van der Waals surface area contributed by atoms with Crippen molar-refractivity contribution in [1.82, 2.24) is 10.2 Å². The number of H-pyrrole nitrogens is 1. The second-order valence-corrected chi connectivity index (χ2v) is 3.24. The van der Waals surface area contributed by atoms with Crippen LogP contribution in [-0.4, -0.2) is 10.2 Å². The molecule has 15 heavy (non-hydrogen) atoms. The van der Waals surface area contributed by atoms with Gasteiger partial charge in [-0.25, -0.2) is 9.49 Å². The van der Waals surface area contributed by atoms with Gasteiger partial charge in [0.1, 0.15) is 5.82 Å². The molecule has 3 nitrogen and oxygen atoms in total. The second-order valence-electron chi connectivity index (χ2n) is 3.24. The van der Waals surface area contributed by atoms with Gasteiger partial charge in [0.15, 0.2) is 0 Å². The normalized spacial score (nSPS) is 10.3. The van der Waals surface area contributed by atoms with Crippen molar-refractivity contribution in [2.45, 2.75) is 6.92 Å². The second kappa shape index (κ2) is 3.65. The monoisotopic (exact) mass is 204 g/mol. The van der Waals surface area contributed by atoms with E-state index in [0.29, 0.717) is 5.69 Å². The minimum atomic E-state index is -0.297. The van der Waals surface area contributed by atoms with Crippen molar-refractivity contribution in [3.05, 3.63) is 52.2 Å². The van der Waals surface area contributed by atoms with E-state index in [0.717, 1.165) is 11.1 Å². The van der Waals surface area contributed by atoms with Gasteiger partial charge in [-0.2, -0.15) is 5.10 Å². The highest BCUT2D eigenvalue weighted by Crippen LogP contribution is 2.19. The standard InChI is InChI=1S/C11H9FN2O/c1-7-10(6-11(15)14-13-7)8-2-4-9(12)5-3-8/h2-6H,1H3,(H,14,15). The first-order valence-corrected chi connectivity index (χ1v) is 4.49. The van der Waals surface area contributed by atoms with Crippen molar-refractivity contribution >= 4 is 0 Å². The van der Waals surface area contributed by atoms with Crippen molar-refractivity contribution in [2.75, 3.05) is 0 Å². The van der Waals surface area contributed by atoms with Gasteiger partial charge in [-0.1, -0.05) is 12.1 Å². The van der Waals surface area contributed by atoms with Crippen LogP contribution < -0.4 is 5.56 Å². The highest BCUT2D eigenvalue weighted by molar-refractivity contribution is 5.64. The van der Waals surface area contributed by atoms with Gasteiger partial charge in [0.05, 0.1) is 5.69 Å². The first kappa shape index (κ1) is 9.58. The zero-order chi connectivity index (χ0) is 10.8. The number of rotatable bonds is 1. The molecular weight excluding hydrogens is 195 g/mol. The van der Waals surface area contributed by atoms with Crippen LogP contribution in [0.1, 0.15) is 5.69 Å². The molecule has 0 aliphatic heterocycles. The number of aryl methyl sites for hydroxylation is 1. The van der Waals surface area contributed by atoms with Crippen molar-refractivity contribution in [1.29, 1.82) is 0 Å². The van der Waals surface area contributed by atoms with E-state index in [9.17, 15) is 9.18 Å². The van der Waals surface area contributed by atoms with Crippen LogP contribution in [0.2, 0.25) is 0 Å². The van der Waals surface area contributed by atoms with Crippen LogP contribution in [0.5, 0.6) is 0 Å². The zero-order valence-electron chi connectivity index (χ0n) is 8.12. The van der Waals surface area contributed by atoms with Crippen LogP contribution in [0.15, 0.2) is 35.1 Å². The first-order valence-electron chi connectivity index (χ1n) is 4.49. The fourth-order valence-electron chi connectivity index (χ4n) is 1.39. The number of halogens is 1. The summed E-state index contributed by atoms with van der Waals surface area (Å²) < 4.78 is 12.7. The maximum absolute atomic E-state index is 12.7. The number of aromatic nitrogens is 2. The highest BCUT2D eigenvalue weighted by atomic mass is 19.1. The van der Waals surface area contributed by atoms with Gasteiger partial charge < -0.3 is 0 Å². The van der Waals surface area contributed by atoms with E-state index in [1.807, 2.05) is 0 Å². The van der Waals surface area contributed by atoms with Gasteiger partial charge in [0, 0.05) is 11.6 Å². The number of nitrogens with zero attached hydrogens (tertiary/aromatic N) is 1. The smallest absolute Gasteiger partial charge is 0.264 e. The third-order valence-corrected chi connectivity index (χ3v) is 2.15. The topological polar surface area (TPSA) is 45.8 Å². The number of nitrogens with one attached hydrogen (secondary N) is 1. The SMILES string of the molecule is Cc1n[nH]c(=O)cc1-c1ccc(F)cc1. The molecule has 1 aromatic carbocycles. The minimum Gasteiger partial charge on any atom is -0.268 e. The molecule has 1 aromatic heterocycles. The van der Waals surface area contributed by atoms with Crippen LogP contribution in [-0.2, 0) is 0 Å². The van der Waals surface area contributed by atoms with Gasteiger partial charge in [-0.3, -0.25) is 4.79 Å². The molecule has 0 amide bonds. The van der Waals surface area contributed by atoms with E-state index < -0.39 is 0 Å². The average Bonchev–Trinajstić information content (AvgIpc) is 2.23. The molecule has 4 heteroatoms. The number of hydrogen-bond acceptors (Lipinski definition) is 2. The first-order chi connectivity index (χ1) is 7.16. The molecule has 0 spiro atoms. The van der Waals surface area contributed by atoms with Crippen LogP contribution in [0.3, 0.4) is 0 Å². The molecular formula is C11H9FN2O. The molecule has 2 aromatic rings. The van der Waals surface area contributed by atoms with Crippen molar-refractivity contribution < 1.29 is 4.39 Å². The van der Waals surface area contributed by atoms with E-state index in [1.165, 1.54) is 18.2 Å². The maximum atomic E-state index is 12.7. The zero-order valence-corrected chi connectivity index (χ0v) is 8.12. The lowest BCUT2D eigenvalue weighted by Crippen LogP contribution is -2.08. The van der Waals surface area contributed by atoms with E-state index >= 15 is 0 Å². The van der Waals surface area contributed by atoms with Gasteiger partial charge in [0.25, 0.3) is 5.56 Å². The van der Waals surface area contributed by atoms with Gasteiger partial charge >= 0.3 is 0 Å². The van der Waals surface area contributed by atoms with E-state index in [1.54, 1.807) is 19.1 Å². The van der Waals surface area contributed by atoms with E-state index in [2.05, 4.69) is 10.2 Å². The molecule has 0 fully saturated rings. The number of aromatic amines is 1. The Bertz CT molecular complexity index is 531.